The maximum absolute atomic E-state index is 13.0. The van der Waals surface area contributed by atoms with Crippen LogP contribution in [0.5, 0.6) is 0 Å². The smallest absolute Gasteiger partial charge is 0.398 e. The van der Waals surface area contributed by atoms with Crippen LogP contribution in [0.25, 0.3) is 0 Å². The van der Waals surface area contributed by atoms with Gasteiger partial charge in [-0.25, -0.2) is 0 Å². The van der Waals surface area contributed by atoms with Crippen molar-refractivity contribution in [2.45, 2.75) is 6.18 Å². The lowest BCUT2D eigenvalue weighted by Crippen LogP contribution is -2.25. The average Bonchev–Trinajstić information content (AvgIpc) is 2.71. The lowest BCUT2D eigenvalue weighted by Gasteiger charge is -2.21. The molecule has 0 saturated heterocycles. The largest absolute Gasteiger partial charge is 0.416 e. The van der Waals surface area contributed by atoms with Gasteiger partial charge in [-0.1, -0.05) is 30.3 Å². The van der Waals surface area contributed by atoms with Gasteiger partial charge in [-0.05, 0) is 30.3 Å². The van der Waals surface area contributed by atoms with Crippen molar-refractivity contribution in [3.63, 3.8) is 0 Å². The number of nitrogen functional groups attached to an aromatic ring is 1. The van der Waals surface area contributed by atoms with Crippen LogP contribution in [-0.4, -0.2) is 17.5 Å². The number of benzene rings is 3. The monoisotopic (exact) mass is 410 g/mol. The molecule has 30 heavy (non-hydrogen) atoms. The number of amides is 1. The molecule has 8 heteroatoms. The summed E-state index contributed by atoms with van der Waals surface area (Å²) in [6.45, 7) is 0. The molecule has 0 aromatic heterocycles. The van der Waals surface area contributed by atoms with Gasteiger partial charge >= 0.3 is 6.18 Å². The van der Waals surface area contributed by atoms with Crippen molar-refractivity contribution in [3.8, 4) is 0 Å². The van der Waals surface area contributed by atoms with E-state index in [2.05, 4.69) is 5.32 Å². The Labute approximate surface area is 168 Å². The zero-order valence-electron chi connectivity index (χ0n) is 15.2. The molecule has 0 aliphatic heterocycles. The molecule has 0 unspecified atom stereocenters. The van der Waals surface area contributed by atoms with E-state index >= 15 is 0 Å². The Kier molecular flexibility index (Phi) is 4.42. The number of hydrogen-bond donors (Lipinski definition) is 2. The van der Waals surface area contributed by atoms with E-state index in [1.54, 1.807) is 0 Å². The number of alkyl halides is 3. The fraction of sp³-hybridized carbons (Fsp3) is 0.0455. The molecule has 1 aliphatic rings. The second kappa shape index (κ2) is 6.84. The van der Waals surface area contributed by atoms with E-state index < -0.39 is 29.2 Å². The van der Waals surface area contributed by atoms with Crippen LogP contribution >= 0.6 is 0 Å². The molecule has 1 aliphatic carbocycles. The van der Waals surface area contributed by atoms with Gasteiger partial charge < -0.3 is 11.1 Å². The number of ketones is 2. The van der Waals surface area contributed by atoms with Crippen molar-refractivity contribution in [2.24, 2.45) is 0 Å². The zero-order valence-corrected chi connectivity index (χ0v) is 15.2. The molecule has 0 radical (unpaired) electrons. The van der Waals surface area contributed by atoms with Gasteiger partial charge in [-0.2, -0.15) is 13.2 Å². The minimum atomic E-state index is -4.60. The van der Waals surface area contributed by atoms with Gasteiger partial charge in [-0.15, -0.1) is 0 Å². The number of fused-ring (bicyclic) bond motifs is 2. The van der Waals surface area contributed by atoms with Crippen LogP contribution in [0.3, 0.4) is 0 Å². The molecule has 4 rings (SSSR count). The van der Waals surface area contributed by atoms with Crippen LogP contribution in [0.4, 0.5) is 24.5 Å². The molecule has 3 aromatic carbocycles. The van der Waals surface area contributed by atoms with Gasteiger partial charge in [0.05, 0.1) is 22.4 Å². The highest BCUT2D eigenvalue weighted by Crippen LogP contribution is 2.35. The molecule has 0 fully saturated rings. The second-order valence-corrected chi connectivity index (χ2v) is 6.69. The topological polar surface area (TPSA) is 89.3 Å². The number of carbonyl (C=O) groups is 3. The molecule has 0 atom stereocenters. The van der Waals surface area contributed by atoms with Crippen molar-refractivity contribution < 1.29 is 27.6 Å². The van der Waals surface area contributed by atoms with Crippen LogP contribution in [0, 0.1) is 0 Å². The SMILES string of the molecule is Nc1cccc2c1C(=O)c1cccc(NC(=O)c3cccc(C(F)(F)F)c3)c1C2=O. The van der Waals surface area contributed by atoms with Gasteiger partial charge in [0, 0.05) is 22.4 Å². The molecular weight excluding hydrogens is 397 g/mol. The molecule has 3 N–H and O–H groups in total. The molecule has 0 saturated carbocycles. The van der Waals surface area contributed by atoms with Gasteiger partial charge in [0.2, 0.25) is 0 Å². The van der Waals surface area contributed by atoms with E-state index in [4.69, 9.17) is 5.73 Å². The Morgan fingerprint density at radius 1 is 0.833 bits per heavy atom. The lowest BCUT2D eigenvalue weighted by molar-refractivity contribution is -0.137. The van der Waals surface area contributed by atoms with E-state index in [1.807, 2.05) is 0 Å². The third-order valence-electron chi connectivity index (χ3n) is 4.80. The number of rotatable bonds is 2. The number of anilines is 2. The number of hydrogen-bond acceptors (Lipinski definition) is 4. The summed E-state index contributed by atoms with van der Waals surface area (Å²) in [5, 5.41) is 2.45. The first-order valence-corrected chi connectivity index (χ1v) is 8.78. The first-order valence-electron chi connectivity index (χ1n) is 8.78. The van der Waals surface area contributed by atoms with Crippen LogP contribution in [0.1, 0.15) is 47.8 Å². The van der Waals surface area contributed by atoms with E-state index in [1.165, 1.54) is 42.5 Å². The van der Waals surface area contributed by atoms with Gasteiger partial charge in [0.1, 0.15) is 0 Å². The summed E-state index contributed by atoms with van der Waals surface area (Å²) in [5.74, 6) is -1.81. The van der Waals surface area contributed by atoms with Crippen LogP contribution < -0.4 is 11.1 Å². The van der Waals surface area contributed by atoms with Crippen LogP contribution in [0.2, 0.25) is 0 Å². The molecule has 0 bridgehead atoms. The first kappa shape index (κ1) is 19.4. The average molecular weight is 410 g/mol. The van der Waals surface area contributed by atoms with E-state index in [0.717, 1.165) is 12.1 Å². The maximum Gasteiger partial charge on any atom is 0.416 e. The molecule has 5 nitrogen and oxygen atoms in total. The summed E-state index contributed by atoms with van der Waals surface area (Å²) in [6, 6.07) is 12.7. The van der Waals surface area contributed by atoms with Crippen molar-refractivity contribution in [1.29, 1.82) is 0 Å². The fourth-order valence-electron chi connectivity index (χ4n) is 3.40. The highest BCUT2D eigenvalue weighted by molar-refractivity contribution is 6.32. The number of carbonyl (C=O) groups excluding carboxylic acids is 3. The Morgan fingerprint density at radius 2 is 1.43 bits per heavy atom. The van der Waals surface area contributed by atoms with Crippen molar-refractivity contribution in [1.82, 2.24) is 0 Å². The molecule has 150 valence electrons. The highest BCUT2D eigenvalue weighted by atomic mass is 19.4. The Hall–Kier alpha value is -3.94. The third-order valence-corrected chi connectivity index (χ3v) is 4.80. The first-order chi connectivity index (χ1) is 14.2. The number of nitrogens with one attached hydrogen (secondary N) is 1. The number of nitrogens with two attached hydrogens (primary N) is 1. The summed E-state index contributed by atoms with van der Waals surface area (Å²) in [7, 11) is 0. The van der Waals surface area contributed by atoms with E-state index in [0.29, 0.717) is 6.07 Å². The normalized spacial score (nSPS) is 12.9. The highest BCUT2D eigenvalue weighted by Gasteiger charge is 2.34. The minimum absolute atomic E-state index is 0.0269. The zero-order chi connectivity index (χ0) is 21.6. The van der Waals surface area contributed by atoms with E-state index in [-0.39, 0.29) is 39.2 Å². The fourth-order valence-corrected chi connectivity index (χ4v) is 3.40. The summed E-state index contributed by atoms with van der Waals surface area (Å²) in [4.78, 5) is 38.5. The summed E-state index contributed by atoms with van der Waals surface area (Å²) in [6.07, 6.45) is -4.60. The summed E-state index contributed by atoms with van der Waals surface area (Å²) >= 11 is 0. The minimum Gasteiger partial charge on any atom is -0.398 e. The summed E-state index contributed by atoms with van der Waals surface area (Å²) in [5.41, 5.74) is 5.08. The molecule has 0 heterocycles. The molecular formula is C22H13F3N2O3. The van der Waals surface area contributed by atoms with E-state index in [9.17, 15) is 27.6 Å². The Morgan fingerprint density at radius 3 is 2.13 bits per heavy atom. The standard InChI is InChI=1S/C22H13F3N2O3/c23-22(24,25)12-5-1-4-11(10-12)21(30)27-16-9-3-7-14-18(16)20(29)13-6-2-8-15(26)17(13)19(14)28/h1-10H,26H2,(H,27,30). The summed E-state index contributed by atoms with van der Waals surface area (Å²) < 4.78 is 38.8. The maximum atomic E-state index is 13.0. The molecule has 1 amide bonds. The van der Waals surface area contributed by atoms with Crippen molar-refractivity contribution >= 4 is 28.8 Å². The predicted octanol–water partition coefficient (Wildman–Crippen LogP) is 4.32. The third kappa shape index (κ3) is 3.12. The van der Waals surface area contributed by atoms with Gasteiger partial charge in [-0.3, -0.25) is 14.4 Å². The quantitative estimate of drug-likeness (QED) is 0.482. The van der Waals surface area contributed by atoms with Gasteiger partial charge in [0.15, 0.2) is 11.6 Å². The van der Waals surface area contributed by atoms with Crippen molar-refractivity contribution in [2.75, 3.05) is 11.1 Å². The Balaban J connectivity index is 1.74. The predicted molar refractivity (Wildman–Crippen MR) is 104 cm³/mol. The Bertz CT molecular complexity index is 1230. The second-order valence-electron chi connectivity index (χ2n) is 6.69. The number of halogens is 3. The van der Waals surface area contributed by atoms with Crippen molar-refractivity contribution in [3.05, 3.63) is 94.0 Å². The lowest BCUT2D eigenvalue weighted by atomic mass is 9.82. The molecule has 3 aromatic rings. The van der Waals surface area contributed by atoms with Crippen LogP contribution in [0.15, 0.2) is 60.7 Å². The van der Waals surface area contributed by atoms with Crippen LogP contribution in [-0.2, 0) is 6.18 Å². The van der Waals surface area contributed by atoms with Gasteiger partial charge in [0.25, 0.3) is 5.91 Å². The molecule has 0 spiro atoms.